The van der Waals surface area contributed by atoms with Gasteiger partial charge in [0, 0.05) is 17.3 Å². The van der Waals surface area contributed by atoms with Crippen LogP contribution < -0.4 is 5.56 Å². The lowest BCUT2D eigenvalue weighted by atomic mass is 10.0. The Bertz CT molecular complexity index is 859. The van der Waals surface area contributed by atoms with Crippen LogP contribution in [0.5, 0.6) is 5.75 Å². The van der Waals surface area contributed by atoms with Crippen LogP contribution in [0.2, 0.25) is 0 Å². The first-order valence-corrected chi connectivity index (χ1v) is 6.79. The van der Waals surface area contributed by atoms with Gasteiger partial charge < -0.3 is 10.1 Å². The van der Waals surface area contributed by atoms with Crippen LogP contribution in [0.3, 0.4) is 0 Å². The van der Waals surface area contributed by atoms with E-state index in [1.54, 1.807) is 22.6 Å². The highest BCUT2D eigenvalue weighted by Gasteiger charge is 2.16. The van der Waals surface area contributed by atoms with Gasteiger partial charge in [-0.2, -0.15) is 0 Å². The van der Waals surface area contributed by atoms with Gasteiger partial charge in [0.25, 0.3) is 5.56 Å². The number of phenolic OH excluding ortho intramolecular Hbond substituents is 1. The maximum Gasteiger partial charge on any atom is 0.262 e. The van der Waals surface area contributed by atoms with E-state index in [0.29, 0.717) is 23.2 Å². The number of benzene rings is 1. The first-order chi connectivity index (χ1) is 9.52. The van der Waals surface area contributed by atoms with Gasteiger partial charge in [0.15, 0.2) is 0 Å². The minimum absolute atomic E-state index is 0.0295. The molecule has 20 heavy (non-hydrogen) atoms. The Hall–Kier alpha value is -2.30. The number of phenols is 1. The third-order valence-corrected chi connectivity index (χ3v) is 3.60. The van der Waals surface area contributed by atoms with Crippen LogP contribution >= 0.6 is 0 Å². The average Bonchev–Trinajstić information content (AvgIpc) is 2.75. The lowest BCUT2D eigenvalue weighted by Crippen LogP contribution is -2.22. The molecule has 1 aromatic carbocycles. The van der Waals surface area contributed by atoms with Crippen molar-refractivity contribution in [2.24, 2.45) is 0 Å². The Balaban J connectivity index is 2.50. The Kier molecular flexibility index (Phi) is 2.78. The molecule has 0 aliphatic heterocycles. The van der Waals surface area contributed by atoms with Crippen LogP contribution in [0.25, 0.3) is 16.8 Å². The molecule has 2 aromatic heterocycles. The summed E-state index contributed by atoms with van der Waals surface area (Å²) >= 11 is 0. The number of fused-ring (bicyclic) bond motifs is 3. The smallest absolute Gasteiger partial charge is 0.262 e. The topological polar surface area (TPSA) is 70.4 Å². The predicted molar refractivity (Wildman–Crippen MR) is 78.5 cm³/mol. The van der Waals surface area contributed by atoms with E-state index in [1.807, 2.05) is 6.92 Å². The van der Waals surface area contributed by atoms with Gasteiger partial charge in [-0.15, -0.1) is 0 Å². The first-order valence-electron chi connectivity index (χ1n) is 6.79. The zero-order valence-electron chi connectivity index (χ0n) is 11.8. The molecule has 5 nitrogen and oxygen atoms in total. The molecule has 104 valence electrons. The van der Waals surface area contributed by atoms with Gasteiger partial charge in [0.2, 0.25) is 5.78 Å². The summed E-state index contributed by atoms with van der Waals surface area (Å²) in [6.07, 6.45) is 0.677. The molecule has 0 atom stereocenters. The molecule has 0 radical (unpaired) electrons. The SMILES string of the molecule is CCc1c(C(C)C)[nH]c2nc3cc(O)ccc3n2c1=O. The van der Waals surface area contributed by atoms with E-state index in [0.717, 1.165) is 11.3 Å². The highest BCUT2D eigenvalue weighted by atomic mass is 16.3. The summed E-state index contributed by atoms with van der Waals surface area (Å²) in [5.74, 6) is 0.903. The lowest BCUT2D eigenvalue weighted by Gasteiger charge is -2.11. The summed E-state index contributed by atoms with van der Waals surface area (Å²) < 4.78 is 1.58. The Morgan fingerprint density at radius 3 is 2.80 bits per heavy atom. The van der Waals surface area contributed by atoms with Crippen molar-refractivity contribution in [3.8, 4) is 5.75 Å². The maximum absolute atomic E-state index is 12.7. The molecule has 2 heterocycles. The van der Waals surface area contributed by atoms with Crippen molar-refractivity contribution < 1.29 is 5.11 Å². The number of rotatable bonds is 2. The van der Waals surface area contributed by atoms with Crippen molar-refractivity contribution in [1.82, 2.24) is 14.4 Å². The van der Waals surface area contributed by atoms with Gasteiger partial charge >= 0.3 is 0 Å². The highest BCUT2D eigenvalue weighted by molar-refractivity contribution is 5.80. The molecule has 0 unspecified atom stereocenters. The monoisotopic (exact) mass is 271 g/mol. The number of hydrogen-bond acceptors (Lipinski definition) is 3. The lowest BCUT2D eigenvalue weighted by molar-refractivity contribution is 0.476. The van der Waals surface area contributed by atoms with Crippen molar-refractivity contribution in [2.75, 3.05) is 0 Å². The number of hydrogen-bond donors (Lipinski definition) is 2. The fourth-order valence-corrected chi connectivity index (χ4v) is 2.64. The standard InChI is InChI=1S/C15H17N3O2/c1-4-10-13(8(2)3)17-15-16-11-7-9(19)5-6-12(11)18(15)14(10)20/h5-8,19H,4H2,1-3H3,(H,16,17). The molecule has 0 saturated carbocycles. The van der Waals surface area contributed by atoms with Crippen molar-refractivity contribution >= 4 is 16.8 Å². The summed E-state index contributed by atoms with van der Waals surface area (Å²) in [5, 5.41) is 9.53. The largest absolute Gasteiger partial charge is 0.508 e. The molecule has 0 aliphatic rings. The second kappa shape index (κ2) is 4.37. The minimum Gasteiger partial charge on any atom is -0.508 e. The van der Waals surface area contributed by atoms with Crippen LogP contribution in [-0.4, -0.2) is 19.5 Å². The van der Waals surface area contributed by atoms with E-state index < -0.39 is 0 Å². The number of aromatic hydroxyl groups is 1. The molecule has 0 aliphatic carbocycles. The first kappa shape index (κ1) is 12.7. The molecule has 0 fully saturated rings. The van der Waals surface area contributed by atoms with Gasteiger partial charge in [-0.1, -0.05) is 20.8 Å². The van der Waals surface area contributed by atoms with Gasteiger partial charge in [0.1, 0.15) is 5.75 Å². The van der Waals surface area contributed by atoms with Crippen LogP contribution in [0.4, 0.5) is 0 Å². The van der Waals surface area contributed by atoms with E-state index in [4.69, 9.17) is 0 Å². The average molecular weight is 271 g/mol. The molecule has 5 heteroatoms. The van der Waals surface area contributed by atoms with E-state index in [1.165, 1.54) is 0 Å². The molecule has 0 saturated heterocycles. The fraction of sp³-hybridized carbons (Fsp3) is 0.333. The number of aromatic amines is 1. The Morgan fingerprint density at radius 2 is 2.15 bits per heavy atom. The third-order valence-electron chi connectivity index (χ3n) is 3.60. The summed E-state index contributed by atoms with van der Waals surface area (Å²) in [4.78, 5) is 20.4. The number of nitrogens with one attached hydrogen (secondary N) is 1. The van der Waals surface area contributed by atoms with Crippen molar-refractivity contribution in [3.63, 3.8) is 0 Å². The van der Waals surface area contributed by atoms with Crippen molar-refractivity contribution in [1.29, 1.82) is 0 Å². The molecule has 0 bridgehead atoms. The second-order valence-corrected chi connectivity index (χ2v) is 5.27. The zero-order chi connectivity index (χ0) is 14.4. The molecule has 0 amide bonds. The number of aromatic nitrogens is 3. The number of H-pyrrole nitrogens is 1. The zero-order valence-corrected chi connectivity index (χ0v) is 11.8. The van der Waals surface area contributed by atoms with E-state index in [2.05, 4.69) is 23.8 Å². The number of nitrogens with zero attached hydrogens (tertiary/aromatic N) is 2. The minimum atomic E-state index is -0.0295. The van der Waals surface area contributed by atoms with Crippen molar-refractivity contribution in [3.05, 3.63) is 39.8 Å². The van der Waals surface area contributed by atoms with Gasteiger partial charge in [-0.3, -0.25) is 4.79 Å². The summed E-state index contributed by atoms with van der Waals surface area (Å²) in [6.45, 7) is 6.08. The third kappa shape index (κ3) is 1.70. The summed E-state index contributed by atoms with van der Waals surface area (Å²) in [7, 11) is 0. The fourth-order valence-electron chi connectivity index (χ4n) is 2.64. The summed E-state index contributed by atoms with van der Waals surface area (Å²) in [5.41, 5.74) is 3.02. The van der Waals surface area contributed by atoms with Crippen LogP contribution in [0.1, 0.15) is 37.9 Å². The normalized spacial score (nSPS) is 11.8. The van der Waals surface area contributed by atoms with Gasteiger partial charge in [0.05, 0.1) is 11.0 Å². The summed E-state index contributed by atoms with van der Waals surface area (Å²) in [6, 6.07) is 4.85. The predicted octanol–water partition coefficient (Wildman–Crippen LogP) is 2.57. The molecule has 3 aromatic rings. The molecule has 2 N–H and O–H groups in total. The molecule has 3 rings (SSSR count). The van der Waals surface area contributed by atoms with Crippen molar-refractivity contribution in [2.45, 2.75) is 33.1 Å². The van der Waals surface area contributed by atoms with Gasteiger partial charge in [-0.05, 0) is 24.5 Å². The Morgan fingerprint density at radius 1 is 1.40 bits per heavy atom. The quantitative estimate of drug-likeness (QED) is 0.752. The highest BCUT2D eigenvalue weighted by Crippen LogP contribution is 2.22. The van der Waals surface area contributed by atoms with Crippen LogP contribution in [-0.2, 0) is 6.42 Å². The van der Waals surface area contributed by atoms with Crippen LogP contribution in [0.15, 0.2) is 23.0 Å². The molecular weight excluding hydrogens is 254 g/mol. The molecular formula is C15H17N3O2. The molecule has 0 spiro atoms. The van der Waals surface area contributed by atoms with Gasteiger partial charge in [-0.25, -0.2) is 9.38 Å². The second-order valence-electron chi connectivity index (χ2n) is 5.27. The van der Waals surface area contributed by atoms with E-state index in [9.17, 15) is 9.90 Å². The van der Waals surface area contributed by atoms with E-state index >= 15 is 0 Å². The number of imidazole rings is 1. The Labute approximate surface area is 115 Å². The van der Waals surface area contributed by atoms with Crippen LogP contribution in [0, 0.1) is 0 Å². The maximum atomic E-state index is 12.7. The van der Waals surface area contributed by atoms with E-state index in [-0.39, 0.29) is 17.2 Å².